The number of carboxylic acid groups (broad SMARTS) is 1. The Labute approximate surface area is 87.8 Å². The summed E-state index contributed by atoms with van der Waals surface area (Å²) < 4.78 is 0. The molecule has 0 saturated heterocycles. The molecule has 82 valence electrons. The Balaban J connectivity index is 2.47. The van der Waals surface area contributed by atoms with Crippen molar-refractivity contribution in [3.8, 4) is 0 Å². The molecule has 0 radical (unpaired) electrons. The van der Waals surface area contributed by atoms with Gasteiger partial charge in [0.05, 0.1) is 0 Å². The lowest BCUT2D eigenvalue weighted by Gasteiger charge is -2.08. The van der Waals surface area contributed by atoms with E-state index in [0.29, 0.717) is 12.5 Å². The molecule has 0 unspecified atom stereocenters. The Hall–Kier alpha value is -1.69. The van der Waals surface area contributed by atoms with E-state index in [-0.39, 0.29) is 0 Å². The third-order valence-electron chi connectivity index (χ3n) is 1.91. The fourth-order valence-electron chi connectivity index (χ4n) is 0.933. The van der Waals surface area contributed by atoms with Crippen LogP contribution in [0.2, 0.25) is 0 Å². The average Bonchev–Trinajstić information content (AvgIpc) is 2.26. The van der Waals surface area contributed by atoms with Crippen LogP contribution in [0.4, 0.5) is 5.95 Å². The van der Waals surface area contributed by atoms with E-state index in [9.17, 15) is 4.79 Å². The maximum atomic E-state index is 10.5. The summed E-state index contributed by atoms with van der Waals surface area (Å²) in [6.45, 7) is 2.03. The maximum absolute atomic E-state index is 10.5. The number of aromatic nitrogens is 2. The van der Waals surface area contributed by atoms with Crippen LogP contribution < -0.4 is 10.6 Å². The topological polar surface area (TPSA) is 87.1 Å². The van der Waals surface area contributed by atoms with Crippen LogP contribution in [0, 0.1) is 0 Å². The molecule has 0 amide bonds. The van der Waals surface area contributed by atoms with Crippen molar-refractivity contribution in [2.45, 2.75) is 19.5 Å². The van der Waals surface area contributed by atoms with Gasteiger partial charge in [-0.1, -0.05) is 0 Å². The van der Waals surface area contributed by atoms with Gasteiger partial charge in [0.2, 0.25) is 5.95 Å². The van der Waals surface area contributed by atoms with Crippen LogP contribution in [0.15, 0.2) is 12.4 Å². The molecule has 15 heavy (non-hydrogen) atoms. The lowest BCUT2D eigenvalue weighted by atomic mass is 10.3. The van der Waals surface area contributed by atoms with E-state index in [1.54, 1.807) is 26.4 Å². The average molecular weight is 210 g/mol. The van der Waals surface area contributed by atoms with Gasteiger partial charge >= 0.3 is 5.97 Å². The molecule has 1 heterocycles. The first-order valence-electron chi connectivity index (χ1n) is 4.58. The van der Waals surface area contributed by atoms with Gasteiger partial charge in [0.15, 0.2) is 0 Å². The highest BCUT2D eigenvalue weighted by molar-refractivity contribution is 5.72. The second kappa shape index (κ2) is 5.26. The predicted molar refractivity (Wildman–Crippen MR) is 55.5 cm³/mol. The van der Waals surface area contributed by atoms with E-state index in [0.717, 1.165) is 5.56 Å². The van der Waals surface area contributed by atoms with Crippen molar-refractivity contribution in [3.63, 3.8) is 0 Å². The Morgan fingerprint density at radius 2 is 2.13 bits per heavy atom. The van der Waals surface area contributed by atoms with Crippen molar-refractivity contribution in [3.05, 3.63) is 18.0 Å². The quantitative estimate of drug-likeness (QED) is 0.638. The minimum Gasteiger partial charge on any atom is -0.480 e. The van der Waals surface area contributed by atoms with Crippen LogP contribution in [-0.2, 0) is 11.3 Å². The van der Waals surface area contributed by atoms with E-state index >= 15 is 0 Å². The van der Waals surface area contributed by atoms with E-state index < -0.39 is 12.0 Å². The van der Waals surface area contributed by atoms with Gasteiger partial charge in [0.1, 0.15) is 6.04 Å². The highest BCUT2D eigenvalue weighted by atomic mass is 16.4. The Morgan fingerprint density at radius 3 is 2.60 bits per heavy atom. The van der Waals surface area contributed by atoms with Crippen LogP contribution in [0.25, 0.3) is 0 Å². The van der Waals surface area contributed by atoms with Crippen molar-refractivity contribution in [2.75, 3.05) is 12.4 Å². The normalized spacial score (nSPS) is 12.1. The van der Waals surface area contributed by atoms with Gasteiger partial charge in [-0.05, 0) is 6.92 Å². The number of carbonyl (C=O) groups is 1. The summed E-state index contributed by atoms with van der Waals surface area (Å²) in [6.07, 6.45) is 3.31. The van der Waals surface area contributed by atoms with E-state index in [1.807, 2.05) is 0 Å². The summed E-state index contributed by atoms with van der Waals surface area (Å²) >= 11 is 0. The monoisotopic (exact) mass is 210 g/mol. The predicted octanol–water partition coefficient (Wildman–Crippen LogP) is 0.0810. The van der Waals surface area contributed by atoms with Crippen molar-refractivity contribution in [1.82, 2.24) is 15.3 Å². The number of carboxylic acids is 1. The number of nitrogens with one attached hydrogen (secondary N) is 2. The summed E-state index contributed by atoms with van der Waals surface area (Å²) in [5, 5.41) is 14.3. The lowest BCUT2D eigenvalue weighted by molar-refractivity contribution is -0.139. The second-order valence-corrected chi connectivity index (χ2v) is 3.11. The first kappa shape index (κ1) is 11.4. The van der Waals surface area contributed by atoms with Crippen molar-refractivity contribution in [2.24, 2.45) is 0 Å². The summed E-state index contributed by atoms with van der Waals surface area (Å²) in [7, 11) is 1.74. The van der Waals surface area contributed by atoms with Crippen LogP contribution in [0.3, 0.4) is 0 Å². The fourth-order valence-corrected chi connectivity index (χ4v) is 0.933. The van der Waals surface area contributed by atoms with Crippen molar-refractivity contribution < 1.29 is 9.90 Å². The molecule has 0 aliphatic rings. The van der Waals surface area contributed by atoms with Gasteiger partial charge in [0, 0.05) is 31.5 Å². The number of hydrogen-bond acceptors (Lipinski definition) is 5. The van der Waals surface area contributed by atoms with Gasteiger partial charge < -0.3 is 15.7 Å². The maximum Gasteiger partial charge on any atom is 0.320 e. The van der Waals surface area contributed by atoms with Gasteiger partial charge in [-0.15, -0.1) is 0 Å². The van der Waals surface area contributed by atoms with Gasteiger partial charge in [0.25, 0.3) is 0 Å². The Kier molecular flexibility index (Phi) is 3.99. The Bertz CT molecular complexity index is 325. The Morgan fingerprint density at radius 1 is 1.53 bits per heavy atom. The van der Waals surface area contributed by atoms with Gasteiger partial charge in [-0.25, -0.2) is 9.97 Å². The third-order valence-corrected chi connectivity index (χ3v) is 1.91. The number of aliphatic carboxylic acids is 1. The summed E-state index contributed by atoms with van der Waals surface area (Å²) in [5.41, 5.74) is 0.849. The molecule has 0 bridgehead atoms. The van der Waals surface area contributed by atoms with Crippen LogP contribution in [-0.4, -0.2) is 34.1 Å². The minimum atomic E-state index is -0.872. The highest BCUT2D eigenvalue weighted by Gasteiger charge is 2.09. The number of hydrogen-bond donors (Lipinski definition) is 3. The first-order chi connectivity index (χ1) is 7.13. The molecule has 6 heteroatoms. The zero-order chi connectivity index (χ0) is 11.3. The first-order valence-corrected chi connectivity index (χ1v) is 4.58. The smallest absolute Gasteiger partial charge is 0.320 e. The largest absolute Gasteiger partial charge is 0.480 e. The molecule has 1 aromatic rings. The zero-order valence-corrected chi connectivity index (χ0v) is 8.69. The molecule has 0 aliphatic heterocycles. The highest BCUT2D eigenvalue weighted by Crippen LogP contribution is 1.99. The molecule has 0 aromatic carbocycles. The lowest BCUT2D eigenvalue weighted by Crippen LogP contribution is -2.33. The molecule has 0 aliphatic carbocycles. The second-order valence-electron chi connectivity index (χ2n) is 3.11. The van der Waals surface area contributed by atoms with Crippen LogP contribution >= 0.6 is 0 Å². The molecule has 6 nitrogen and oxygen atoms in total. The van der Waals surface area contributed by atoms with Gasteiger partial charge in [-0.3, -0.25) is 4.79 Å². The SMILES string of the molecule is CNc1ncc(CN[C@@H](C)C(=O)O)cn1. The molecule has 1 rings (SSSR count). The minimum absolute atomic E-state index is 0.442. The molecular weight excluding hydrogens is 196 g/mol. The number of nitrogens with zero attached hydrogens (tertiary/aromatic N) is 2. The molecule has 3 N–H and O–H groups in total. The summed E-state index contributed by atoms with van der Waals surface area (Å²) in [5.74, 6) is -0.326. The summed E-state index contributed by atoms with van der Waals surface area (Å²) in [6, 6.07) is -0.575. The molecule has 0 spiro atoms. The van der Waals surface area contributed by atoms with E-state index in [2.05, 4.69) is 20.6 Å². The van der Waals surface area contributed by atoms with Crippen molar-refractivity contribution >= 4 is 11.9 Å². The molecule has 1 atom stereocenters. The van der Waals surface area contributed by atoms with Crippen LogP contribution in [0.1, 0.15) is 12.5 Å². The fraction of sp³-hybridized carbons (Fsp3) is 0.444. The molecule has 0 fully saturated rings. The third kappa shape index (κ3) is 3.51. The molecular formula is C9H14N4O2. The van der Waals surface area contributed by atoms with Gasteiger partial charge in [-0.2, -0.15) is 0 Å². The number of anilines is 1. The molecule has 0 saturated carbocycles. The number of rotatable bonds is 5. The van der Waals surface area contributed by atoms with Crippen molar-refractivity contribution in [1.29, 1.82) is 0 Å². The van der Waals surface area contributed by atoms with Crippen LogP contribution in [0.5, 0.6) is 0 Å². The molecule has 1 aromatic heterocycles. The zero-order valence-electron chi connectivity index (χ0n) is 8.69. The van der Waals surface area contributed by atoms with E-state index in [4.69, 9.17) is 5.11 Å². The van der Waals surface area contributed by atoms with E-state index in [1.165, 1.54) is 0 Å². The summed E-state index contributed by atoms with van der Waals surface area (Å²) in [4.78, 5) is 18.5. The standard InChI is InChI=1S/C9H14N4O2/c1-6(8(14)15)11-3-7-4-12-9(10-2)13-5-7/h4-6,11H,3H2,1-2H3,(H,14,15)(H,10,12,13)/t6-/m0/s1.